The molecule has 34 heavy (non-hydrogen) atoms. The Hall–Kier alpha value is -2.45. The van der Waals surface area contributed by atoms with Crippen molar-refractivity contribution in [2.24, 2.45) is 5.92 Å². The van der Waals surface area contributed by atoms with Crippen molar-refractivity contribution in [1.29, 1.82) is 0 Å². The number of aliphatic hydroxyl groups is 1. The Labute approximate surface area is 203 Å². The van der Waals surface area contributed by atoms with Gasteiger partial charge in [0.2, 0.25) is 5.95 Å². The third-order valence-corrected chi connectivity index (χ3v) is 8.83. The van der Waals surface area contributed by atoms with E-state index in [9.17, 15) is 9.32 Å². The molecule has 7 nitrogen and oxygen atoms in total. The van der Waals surface area contributed by atoms with Gasteiger partial charge in [-0.3, -0.25) is 4.21 Å². The van der Waals surface area contributed by atoms with E-state index in [1.165, 1.54) is 22.2 Å². The van der Waals surface area contributed by atoms with Crippen LogP contribution in [0.1, 0.15) is 56.5 Å². The van der Waals surface area contributed by atoms with Gasteiger partial charge in [0.05, 0.1) is 29.1 Å². The van der Waals surface area contributed by atoms with E-state index in [1.54, 1.807) is 0 Å². The van der Waals surface area contributed by atoms with Gasteiger partial charge in [0.15, 0.2) is 0 Å². The summed E-state index contributed by atoms with van der Waals surface area (Å²) in [6.45, 7) is 8.14. The number of hydrogen-bond acceptors (Lipinski definition) is 6. The first-order valence-corrected chi connectivity index (χ1v) is 13.8. The Balaban J connectivity index is 1.39. The highest BCUT2D eigenvalue weighted by molar-refractivity contribution is 7.85. The van der Waals surface area contributed by atoms with E-state index < -0.39 is 10.8 Å². The maximum Gasteiger partial charge on any atom is 0.227 e. The molecule has 8 heteroatoms. The molecule has 1 saturated heterocycles. The molecule has 3 N–H and O–H groups in total. The molecule has 0 saturated carbocycles. The van der Waals surface area contributed by atoms with Gasteiger partial charge in [0, 0.05) is 41.9 Å². The van der Waals surface area contributed by atoms with Crippen LogP contribution in [0, 0.1) is 5.92 Å². The second-order valence-corrected chi connectivity index (χ2v) is 11.3. The molecule has 1 fully saturated rings. The number of aryl methyl sites for hydroxylation is 2. The van der Waals surface area contributed by atoms with Gasteiger partial charge in [0.1, 0.15) is 10.7 Å². The standard InChI is InChI=1S/C26H35N5O2S/c1-4-19-23(18-7-5-6-8-20(18)27-19)17-9-12-31(13-10-17)26-29-21-11-14-34(33)24(21)25(30-26)28-22(15-32)16(2)3/h5-8,16-17,22,27,32H,4,9-15H2,1-3H3,(H,28,29,30)/t22-,34?/m0/s1. The number of nitrogens with zero attached hydrogens (tertiary/aromatic N) is 3. The van der Waals surface area contributed by atoms with Crippen molar-refractivity contribution in [1.82, 2.24) is 15.0 Å². The first kappa shape index (κ1) is 23.3. The Morgan fingerprint density at radius 1 is 1.24 bits per heavy atom. The van der Waals surface area contributed by atoms with Crippen LogP contribution >= 0.6 is 0 Å². The van der Waals surface area contributed by atoms with Crippen LogP contribution in [0.5, 0.6) is 0 Å². The minimum Gasteiger partial charge on any atom is -0.394 e. The summed E-state index contributed by atoms with van der Waals surface area (Å²) >= 11 is 0. The predicted octanol–water partition coefficient (Wildman–Crippen LogP) is 4.00. The summed E-state index contributed by atoms with van der Waals surface area (Å²) in [5.74, 6) is 2.69. The zero-order valence-electron chi connectivity index (χ0n) is 20.3. The lowest BCUT2D eigenvalue weighted by Crippen LogP contribution is -2.35. The molecule has 1 unspecified atom stereocenters. The lowest BCUT2D eigenvalue weighted by atomic mass is 9.87. The normalized spacial score (nSPS) is 19.7. The average Bonchev–Trinajstić information content (AvgIpc) is 3.42. The van der Waals surface area contributed by atoms with E-state index in [0.717, 1.165) is 42.9 Å². The summed E-state index contributed by atoms with van der Waals surface area (Å²) < 4.78 is 12.7. The number of para-hydroxylation sites is 1. The van der Waals surface area contributed by atoms with Crippen molar-refractivity contribution in [3.8, 4) is 0 Å². The summed E-state index contributed by atoms with van der Waals surface area (Å²) in [7, 11) is -1.09. The number of rotatable bonds is 7. The van der Waals surface area contributed by atoms with Crippen LogP contribution in [0.4, 0.5) is 11.8 Å². The van der Waals surface area contributed by atoms with Crippen molar-refractivity contribution in [2.45, 2.75) is 63.3 Å². The Kier molecular flexibility index (Phi) is 6.62. The zero-order chi connectivity index (χ0) is 23.8. The molecule has 0 amide bonds. The van der Waals surface area contributed by atoms with Crippen molar-refractivity contribution < 1.29 is 9.32 Å². The number of aliphatic hydroxyl groups excluding tert-OH is 1. The number of benzene rings is 1. The van der Waals surface area contributed by atoms with Gasteiger partial charge >= 0.3 is 0 Å². The predicted molar refractivity (Wildman–Crippen MR) is 138 cm³/mol. The molecular formula is C26H35N5O2S. The molecule has 2 atom stereocenters. The molecule has 2 aliphatic rings. The number of H-pyrrole nitrogens is 1. The van der Waals surface area contributed by atoms with Crippen molar-refractivity contribution in [3.05, 3.63) is 41.2 Å². The highest BCUT2D eigenvalue weighted by atomic mass is 32.2. The summed E-state index contributed by atoms with van der Waals surface area (Å²) in [6.07, 6.45) is 3.82. The van der Waals surface area contributed by atoms with Crippen molar-refractivity contribution in [2.75, 3.05) is 35.7 Å². The number of anilines is 2. The number of fused-ring (bicyclic) bond motifs is 2. The molecule has 182 valence electrons. The molecule has 3 aromatic rings. The molecule has 1 aromatic carbocycles. The first-order valence-electron chi connectivity index (χ1n) is 12.5. The second-order valence-electron chi connectivity index (χ2n) is 9.80. The summed E-state index contributed by atoms with van der Waals surface area (Å²) in [4.78, 5) is 16.3. The van der Waals surface area contributed by atoms with Crippen LogP contribution in [0.15, 0.2) is 29.2 Å². The fourth-order valence-electron chi connectivity index (χ4n) is 5.35. The topological polar surface area (TPSA) is 94.1 Å². The van der Waals surface area contributed by atoms with Gasteiger partial charge < -0.3 is 20.3 Å². The molecule has 4 heterocycles. The fraction of sp³-hybridized carbons (Fsp3) is 0.538. The summed E-state index contributed by atoms with van der Waals surface area (Å²) in [6, 6.07) is 8.49. The van der Waals surface area contributed by atoms with Crippen LogP contribution in [0.3, 0.4) is 0 Å². The van der Waals surface area contributed by atoms with Gasteiger partial charge in [-0.25, -0.2) is 4.98 Å². The van der Waals surface area contributed by atoms with Crippen LogP contribution in [0.2, 0.25) is 0 Å². The van der Waals surface area contributed by atoms with Crippen LogP contribution in [0.25, 0.3) is 10.9 Å². The molecule has 2 aromatic heterocycles. The number of aromatic nitrogens is 3. The highest BCUT2D eigenvalue weighted by Crippen LogP contribution is 2.38. The smallest absolute Gasteiger partial charge is 0.227 e. The van der Waals surface area contributed by atoms with E-state index in [2.05, 4.69) is 60.2 Å². The Bertz CT molecular complexity index is 1200. The van der Waals surface area contributed by atoms with E-state index in [1.807, 2.05) is 0 Å². The van der Waals surface area contributed by atoms with Gasteiger partial charge in [-0.15, -0.1) is 0 Å². The monoisotopic (exact) mass is 481 g/mol. The fourth-order valence-corrected chi connectivity index (χ4v) is 6.67. The third kappa shape index (κ3) is 4.22. The maximum absolute atomic E-state index is 12.7. The zero-order valence-corrected chi connectivity index (χ0v) is 21.1. The van der Waals surface area contributed by atoms with Gasteiger partial charge in [-0.05, 0) is 42.7 Å². The molecule has 2 aliphatic heterocycles. The summed E-state index contributed by atoms with van der Waals surface area (Å²) in [5, 5.41) is 14.6. The molecule has 0 aliphatic carbocycles. The van der Waals surface area contributed by atoms with E-state index >= 15 is 0 Å². The van der Waals surface area contributed by atoms with Gasteiger partial charge in [0.25, 0.3) is 0 Å². The lowest BCUT2D eigenvalue weighted by Gasteiger charge is -2.33. The molecule has 5 rings (SSSR count). The third-order valence-electron chi connectivity index (χ3n) is 7.37. The molecule has 0 radical (unpaired) electrons. The van der Waals surface area contributed by atoms with E-state index in [-0.39, 0.29) is 18.6 Å². The minimum absolute atomic E-state index is 0.00812. The van der Waals surface area contributed by atoms with E-state index in [0.29, 0.717) is 29.9 Å². The molecular weight excluding hydrogens is 446 g/mol. The lowest BCUT2D eigenvalue weighted by molar-refractivity contribution is 0.249. The number of nitrogens with one attached hydrogen (secondary N) is 2. The Morgan fingerprint density at radius 2 is 2.00 bits per heavy atom. The van der Waals surface area contributed by atoms with Crippen molar-refractivity contribution >= 4 is 33.5 Å². The van der Waals surface area contributed by atoms with Crippen LogP contribution < -0.4 is 10.2 Å². The van der Waals surface area contributed by atoms with Crippen LogP contribution in [-0.4, -0.2) is 55.8 Å². The van der Waals surface area contributed by atoms with Gasteiger partial charge in [-0.2, -0.15) is 4.98 Å². The number of hydrogen-bond donors (Lipinski definition) is 3. The Morgan fingerprint density at radius 3 is 2.71 bits per heavy atom. The average molecular weight is 482 g/mol. The number of aromatic amines is 1. The molecule has 0 bridgehead atoms. The largest absolute Gasteiger partial charge is 0.394 e. The number of piperidine rings is 1. The minimum atomic E-state index is -1.09. The quantitative estimate of drug-likeness (QED) is 0.472. The van der Waals surface area contributed by atoms with Crippen molar-refractivity contribution in [3.63, 3.8) is 0 Å². The van der Waals surface area contributed by atoms with Gasteiger partial charge in [-0.1, -0.05) is 39.0 Å². The van der Waals surface area contributed by atoms with Crippen LogP contribution in [-0.2, 0) is 23.6 Å². The maximum atomic E-state index is 12.7. The summed E-state index contributed by atoms with van der Waals surface area (Å²) in [5.41, 5.74) is 4.95. The SMILES string of the molecule is CCc1[nH]c2ccccc2c1C1CCN(c2nc3c(c(N[C@@H](CO)C(C)C)n2)S(=O)CC3)CC1. The first-order chi connectivity index (χ1) is 16.5. The molecule has 0 spiro atoms. The second kappa shape index (κ2) is 9.66. The van der Waals surface area contributed by atoms with E-state index in [4.69, 9.17) is 9.97 Å². The highest BCUT2D eigenvalue weighted by Gasteiger charge is 2.31.